The maximum absolute atomic E-state index is 13.9. The smallest absolute Gasteiger partial charge is 0.353 e. The van der Waals surface area contributed by atoms with E-state index in [0.29, 0.717) is 25.5 Å². The number of piperazine rings is 1. The molecular formula is C18H23F5N4. The molecule has 1 aliphatic heterocycles. The molecule has 0 spiro atoms. The molecule has 9 heteroatoms. The lowest BCUT2D eigenvalue weighted by Gasteiger charge is -2.39. The van der Waals surface area contributed by atoms with Gasteiger partial charge in [-0.3, -0.25) is 9.89 Å². The van der Waals surface area contributed by atoms with Crippen molar-refractivity contribution in [3.05, 3.63) is 35.4 Å². The normalized spacial score (nSPS) is 25.4. The summed E-state index contributed by atoms with van der Waals surface area (Å²) in [6.07, 6.45) is -3.66. The van der Waals surface area contributed by atoms with Crippen LogP contribution < -0.4 is 5.32 Å². The molecule has 150 valence electrons. The zero-order chi connectivity index (χ0) is 19.8. The summed E-state index contributed by atoms with van der Waals surface area (Å²) in [7, 11) is 1.59. The van der Waals surface area contributed by atoms with Crippen molar-refractivity contribution in [1.82, 2.24) is 15.1 Å². The first-order valence-electron chi connectivity index (χ1n) is 8.95. The molecule has 0 radical (unpaired) electrons. The van der Waals surface area contributed by atoms with Crippen LogP contribution in [0.5, 0.6) is 0 Å². The third kappa shape index (κ3) is 4.34. The van der Waals surface area contributed by atoms with Crippen LogP contribution in [-0.4, -0.2) is 67.2 Å². The molecule has 1 saturated carbocycles. The van der Waals surface area contributed by atoms with Gasteiger partial charge in [-0.1, -0.05) is 6.07 Å². The molecule has 3 rings (SSSR count). The van der Waals surface area contributed by atoms with Crippen LogP contribution in [0.2, 0.25) is 0 Å². The Labute approximate surface area is 155 Å². The van der Waals surface area contributed by atoms with Gasteiger partial charge in [-0.2, -0.15) is 13.2 Å². The monoisotopic (exact) mass is 390 g/mol. The summed E-state index contributed by atoms with van der Waals surface area (Å²) < 4.78 is 66.4. The predicted octanol–water partition coefficient (Wildman–Crippen LogP) is 2.96. The van der Waals surface area contributed by atoms with Crippen LogP contribution in [0.25, 0.3) is 0 Å². The lowest BCUT2D eigenvalue weighted by Crippen LogP contribution is -2.57. The molecule has 0 amide bonds. The Balaban J connectivity index is 1.56. The maximum Gasteiger partial charge on any atom is 0.403 e. The van der Waals surface area contributed by atoms with E-state index < -0.39 is 23.9 Å². The highest BCUT2D eigenvalue weighted by Crippen LogP contribution is 2.43. The lowest BCUT2D eigenvalue weighted by molar-refractivity contribution is -0.181. The molecule has 0 aromatic heterocycles. The van der Waals surface area contributed by atoms with Crippen LogP contribution in [0.4, 0.5) is 22.0 Å². The van der Waals surface area contributed by atoms with Gasteiger partial charge >= 0.3 is 6.18 Å². The Morgan fingerprint density at radius 2 is 1.74 bits per heavy atom. The fourth-order valence-electron chi connectivity index (χ4n) is 3.53. The average molecular weight is 390 g/mol. The number of rotatable bonds is 3. The van der Waals surface area contributed by atoms with Gasteiger partial charge in [0.25, 0.3) is 0 Å². The number of nitrogens with zero attached hydrogens (tertiary/aromatic N) is 3. The first kappa shape index (κ1) is 19.9. The summed E-state index contributed by atoms with van der Waals surface area (Å²) >= 11 is 0. The predicted molar refractivity (Wildman–Crippen MR) is 92.7 cm³/mol. The van der Waals surface area contributed by atoms with Crippen LogP contribution in [0.3, 0.4) is 0 Å². The van der Waals surface area contributed by atoms with Crippen molar-refractivity contribution in [2.24, 2.45) is 4.99 Å². The third-order valence-electron chi connectivity index (χ3n) is 5.32. The minimum absolute atomic E-state index is 0.0780. The van der Waals surface area contributed by atoms with Crippen molar-refractivity contribution in [1.29, 1.82) is 0 Å². The van der Waals surface area contributed by atoms with E-state index in [-0.39, 0.29) is 30.6 Å². The zero-order valence-electron chi connectivity index (χ0n) is 15.2. The molecular weight excluding hydrogens is 367 g/mol. The number of alkyl halides is 3. The summed E-state index contributed by atoms with van der Waals surface area (Å²) in [4.78, 5) is 7.47. The number of guanidine groups is 1. The van der Waals surface area contributed by atoms with E-state index in [1.165, 1.54) is 30.0 Å². The van der Waals surface area contributed by atoms with E-state index >= 15 is 0 Å². The minimum atomic E-state index is -4.24. The zero-order valence-corrected chi connectivity index (χ0v) is 15.2. The second kappa shape index (κ2) is 7.61. The summed E-state index contributed by atoms with van der Waals surface area (Å²) in [6, 6.07) is 2.20. The van der Waals surface area contributed by atoms with E-state index in [2.05, 4.69) is 10.3 Å². The molecule has 2 aliphatic rings. The van der Waals surface area contributed by atoms with Crippen LogP contribution >= 0.6 is 0 Å². The van der Waals surface area contributed by atoms with Crippen LogP contribution in [0.1, 0.15) is 24.8 Å². The summed E-state index contributed by atoms with van der Waals surface area (Å²) in [5.74, 6) is -0.837. The lowest BCUT2D eigenvalue weighted by atomic mass is 10.1. The highest BCUT2D eigenvalue weighted by atomic mass is 19.4. The van der Waals surface area contributed by atoms with E-state index in [0.717, 1.165) is 0 Å². The van der Waals surface area contributed by atoms with Crippen molar-refractivity contribution < 1.29 is 22.0 Å². The molecule has 1 N–H and O–H groups in total. The summed E-state index contributed by atoms with van der Waals surface area (Å²) in [5, 5.41) is 3.19. The SMILES string of the molecule is CN=C(NC1CC1c1c(F)cccc1F)N1CCN(C(C)C(F)(F)F)CC1. The Hall–Kier alpha value is -1.90. The van der Waals surface area contributed by atoms with Gasteiger partial charge in [0.2, 0.25) is 0 Å². The van der Waals surface area contributed by atoms with Gasteiger partial charge in [-0.05, 0) is 25.5 Å². The van der Waals surface area contributed by atoms with Gasteiger partial charge in [-0.15, -0.1) is 0 Å². The highest BCUT2D eigenvalue weighted by Gasteiger charge is 2.44. The highest BCUT2D eigenvalue weighted by molar-refractivity contribution is 5.81. The molecule has 1 aromatic rings. The van der Waals surface area contributed by atoms with Crippen molar-refractivity contribution in [3.8, 4) is 0 Å². The maximum atomic E-state index is 13.9. The second-order valence-electron chi connectivity index (χ2n) is 7.02. The third-order valence-corrected chi connectivity index (χ3v) is 5.32. The van der Waals surface area contributed by atoms with Gasteiger partial charge in [-0.25, -0.2) is 8.78 Å². The number of hydrogen-bond acceptors (Lipinski definition) is 2. The number of benzene rings is 1. The minimum Gasteiger partial charge on any atom is -0.353 e. The van der Waals surface area contributed by atoms with Crippen molar-refractivity contribution >= 4 is 5.96 Å². The number of nitrogens with one attached hydrogen (secondary N) is 1. The molecule has 27 heavy (non-hydrogen) atoms. The van der Waals surface area contributed by atoms with Crippen molar-refractivity contribution in [2.45, 2.75) is 37.5 Å². The quantitative estimate of drug-likeness (QED) is 0.489. The fraction of sp³-hybridized carbons (Fsp3) is 0.611. The summed E-state index contributed by atoms with van der Waals surface area (Å²) in [6.45, 7) is 2.53. The van der Waals surface area contributed by atoms with E-state index in [9.17, 15) is 22.0 Å². The molecule has 1 heterocycles. The average Bonchev–Trinajstić information content (AvgIpc) is 3.37. The van der Waals surface area contributed by atoms with E-state index in [1.54, 1.807) is 7.05 Å². The molecule has 2 fully saturated rings. The topological polar surface area (TPSA) is 30.9 Å². The molecule has 0 bridgehead atoms. The number of aliphatic imine (C=N–C) groups is 1. The molecule has 4 nitrogen and oxygen atoms in total. The van der Waals surface area contributed by atoms with Gasteiger partial charge < -0.3 is 10.2 Å². The van der Waals surface area contributed by atoms with E-state index in [1.807, 2.05) is 4.90 Å². The Morgan fingerprint density at radius 1 is 1.15 bits per heavy atom. The fourth-order valence-corrected chi connectivity index (χ4v) is 3.53. The first-order chi connectivity index (χ1) is 12.7. The van der Waals surface area contributed by atoms with Crippen LogP contribution in [0, 0.1) is 11.6 Å². The van der Waals surface area contributed by atoms with E-state index in [4.69, 9.17) is 0 Å². The summed E-state index contributed by atoms with van der Waals surface area (Å²) in [5.41, 5.74) is 0.0780. The molecule has 3 unspecified atom stereocenters. The van der Waals surface area contributed by atoms with Crippen LogP contribution in [-0.2, 0) is 0 Å². The molecule has 1 aliphatic carbocycles. The Bertz CT molecular complexity index is 677. The number of halogens is 5. The largest absolute Gasteiger partial charge is 0.403 e. The van der Waals surface area contributed by atoms with Crippen LogP contribution in [0.15, 0.2) is 23.2 Å². The molecule has 3 atom stereocenters. The van der Waals surface area contributed by atoms with Gasteiger partial charge in [0.05, 0.1) is 0 Å². The Morgan fingerprint density at radius 3 is 2.26 bits per heavy atom. The van der Waals surface area contributed by atoms with Gasteiger partial charge in [0, 0.05) is 50.7 Å². The molecule has 1 saturated heterocycles. The van der Waals surface area contributed by atoms with Crippen molar-refractivity contribution in [2.75, 3.05) is 33.2 Å². The first-order valence-corrected chi connectivity index (χ1v) is 8.95. The van der Waals surface area contributed by atoms with Gasteiger partial charge in [0.1, 0.15) is 17.7 Å². The van der Waals surface area contributed by atoms with Gasteiger partial charge in [0.15, 0.2) is 5.96 Å². The standard InChI is InChI=1S/C18H23F5N4/c1-11(18(21,22)23)26-6-8-27(9-7-26)17(24-2)25-15-10-12(15)16-13(19)4-3-5-14(16)20/h3-5,11-12,15H,6-10H2,1-2H3,(H,24,25). The number of hydrogen-bond donors (Lipinski definition) is 1. The second-order valence-corrected chi connectivity index (χ2v) is 7.02. The molecule has 1 aromatic carbocycles. The Kier molecular flexibility index (Phi) is 5.60. The van der Waals surface area contributed by atoms with Crippen molar-refractivity contribution in [3.63, 3.8) is 0 Å².